The Morgan fingerprint density at radius 1 is 1.13 bits per heavy atom. The lowest BCUT2D eigenvalue weighted by molar-refractivity contribution is 0.352. The maximum absolute atomic E-state index is 3.79. The minimum Gasteiger partial charge on any atom is -0.313 e. The van der Waals surface area contributed by atoms with Crippen LogP contribution in [0.15, 0.2) is 0 Å². The van der Waals surface area contributed by atoms with Crippen LogP contribution in [-0.4, -0.2) is 23.6 Å². The van der Waals surface area contributed by atoms with Crippen molar-refractivity contribution in [3.05, 3.63) is 0 Å². The second-order valence-electron chi connectivity index (χ2n) is 4.81. The molecule has 1 rings (SSSR count). The van der Waals surface area contributed by atoms with E-state index in [2.05, 4.69) is 25.4 Å². The molecule has 2 heteroatoms. The highest BCUT2D eigenvalue weighted by Gasteiger charge is 2.25. The summed E-state index contributed by atoms with van der Waals surface area (Å²) in [7, 11) is 0. The van der Waals surface area contributed by atoms with E-state index in [1.165, 1.54) is 51.5 Å². The molecule has 0 atom stereocenters. The van der Waals surface area contributed by atoms with Crippen LogP contribution in [0.1, 0.15) is 58.8 Å². The highest BCUT2D eigenvalue weighted by atomic mass is 32.2. The van der Waals surface area contributed by atoms with Gasteiger partial charge >= 0.3 is 0 Å². The van der Waals surface area contributed by atoms with Crippen molar-refractivity contribution in [2.45, 2.75) is 69.6 Å². The zero-order valence-electron chi connectivity index (χ0n) is 10.6. The van der Waals surface area contributed by atoms with E-state index in [1.54, 1.807) is 0 Å². The van der Waals surface area contributed by atoms with Crippen molar-refractivity contribution >= 4 is 11.8 Å². The zero-order valence-corrected chi connectivity index (χ0v) is 11.5. The number of hydrogen-bond donors (Lipinski definition) is 1. The van der Waals surface area contributed by atoms with Gasteiger partial charge < -0.3 is 5.32 Å². The Hall–Kier alpha value is 0.310. The third-order valence-electron chi connectivity index (χ3n) is 4.04. The lowest BCUT2D eigenvalue weighted by Crippen LogP contribution is -2.42. The van der Waals surface area contributed by atoms with Crippen molar-refractivity contribution in [3.63, 3.8) is 0 Å². The lowest BCUT2D eigenvalue weighted by Gasteiger charge is -2.33. The summed E-state index contributed by atoms with van der Waals surface area (Å²) in [6, 6.07) is 0.809. The first kappa shape index (κ1) is 13.4. The van der Waals surface area contributed by atoms with Crippen LogP contribution in [0.25, 0.3) is 0 Å². The minimum absolute atomic E-state index is 0.484. The molecule has 1 N–H and O–H groups in total. The Morgan fingerprint density at radius 3 is 2.20 bits per heavy atom. The summed E-state index contributed by atoms with van der Waals surface area (Å²) < 4.78 is 0.484. The molecule has 0 aliphatic heterocycles. The Bertz CT molecular complexity index is 152. The summed E-state index contributed by atoms with van der Waals surface area (Å²) in [4.78, 5) is 0. The van der Waals surface area contributed by atoms with Crippen LogP contribution >= 0.6 is 11.8 Å². The van der Waals surface area contributed by atoms with Crippen LogP contribution < -0.4 is 5.32 Å². The highest BCUT2D eigenvalue weighted by Crippen LogP contribution is 2.30. The van der Waals surface area contributed by atoms with Crippen LogP contribution in [-0.2, 0) is 0 Å². The lowest BCUT2D eigenvalue weighted by atomic mass is 9.94. The van der Waals surface area contributed by atoms with E-state index in [-0.39, 0.29) is 0 Å². The molecule has 1 nitrogen and oxygen atoms in total. The van der Waals surface area contributed by atoms with Crippen molar-refractivity contribution in [1.82, 2.24) is 5.32 Å². The first-order valence-corrected chi connectivity index (χ1v) is 7.77. The van der Waals surface area contributed by atoms with Gasteiger partial charge in [-0.05, 0) is 31.9 Å². The smallest absolute Gasteiger partial charge is 0.0276 e. The molecule has 0 bridgehead atoms. The topological polar surface area (TPSA) is 12.0 Å². The normalized spacial score (nSPS) is 19.4. The molecule has 0 radical (unpaired) electrons. The van der Waals surface area contributed by atoms with Gasteiger partial charge in [0.2, 0.25) is 0 Å². The van der Waals surface area contributed by atoms with E-state index in [0.717, 1.165) is 6.04 Å². The average molecular weight is 229 g/mol. The molecule has 0 unspecified atom stereocenters. The Balaban J connectivity index is 2.31. The first-order chi connectivity index (χ1) is 7.26. The molecule has 0 aromatic rings. The van der Waals surface area contributed by atoms with Crippen molar-refractivity contribution in [2.24, 2.45) is 0 Å². The number of nitrogens with one attached hydrogen (secondary N) is 1. The van der Waals surface area contributed by atoms with Gasteiger partial charge in [-0.3, -0.25) is 0 Å². The molecule has 1 fully saturated rings. The number of rotatable bonds is 6. The average Bonchev–Trinajstić information content (AvgIpc) is 2.33. The Kier molecular flexibility index (Phi) is 6.06. The largest absolute Gasteiger partial charge is 0.313 e. The van der Waals surface area contributed by atoms with Crippen LogP contribution in [0.3, 0.4) is 0 Å². The molecule has 15 heavy (non-hydrogen) atoms. The molecular formula is C13H27NS. The van der Waals surface area contributed by atoms with E-state index in [0.29, 0.717) is 4.75 Å². The molecule has 0 saturated heterocycles. The van der Waals surface area contributed by atoms with E-state index in [4.69, 9.17) is 0 Å². The van der Waals surface area contributed by atoms with Crippen LogP contribution in [0.2, 0.25) is 0 Å². The van der Waals surface area contributed by atoms with Gasteiger partial charge in [-0.15, -0.1) is 0 Å². The Labute approximate surface area is 99.8 Å². The van der Waals surface area contributed by atoms with Crippen LogP contribution in [0, 0.1) is 0 Å². The molecule has 90 valence electrons. The van der Waals surface area contributed by atoms with Crippen LogP contribution in [0.4, 0.5) is 0 Å². The summed E-state index contributed by atoms with van der Waals surface area (Å²) in [5.74, 6) is 0. The van der Waals surface area contributed by atoms with Crippen molar-refractivity contribution < 1.29 is 0 Å². The maximum atomic E-state index is 3.79. The van der Waals surface area contributed by atoms with Gasteiger partial charge in [-0.2, -0.15) is 11.8 Å². The SMILES string of the molecule is CCC(CC)(CNC1CCCCC1)SC. The molecule has 1 saturated carbocycles. The first-order valence-electron chi connectivity index (χ1n) is 6.55. The fourth-order valence-corrected chi connectivity index (χ4v) is 3.30. The molecule has 1 aliphatic rings. The molecule has 0 spiro atoms. The highest BCUT2D eigenvalue weighted by molar-refractivity contribution is 8.00. The quantitative estimate of drug-likeness (QED) is 0.743. The molecule has 0 amide bonds. The van der Waals surface area contributed by atoms with Gasteiger partial charge in [0.15, 0.2) is 0 Å². The van der Waals surface area contributed by atoms with Gasteiger partial charge in [0.05, 0.1) is 0 Å². The predicted molar refractivity (Wildman–Crippen MR) is 71.7 cm³/mol. The second-order valence-corrected chi connectivity index (χ2v) is 6.08. The molecule has 0 heterocycles. The fourth-order valence-electron chi connectivity index (χ4n) is 2.50. The van der Waals surface area contributed by atoms with Gasteiger partial charge in [0, 0.05) is 17.3 Å². The predicted octanol–water partition coefficient (Wildman–Crippen LogP) is 3.83. The van der Waals surface area contributed by atoms with Gasteiger partial charge in [-0.1, -0.05) is 33.1 Å². The minimum atomic E-state index is 0.484. The molecular weight excluding hydrogens is 202 g/mol. The molecule has 0 aromatic heterocycles. The van der Waals surface area contributed by atoms with Crippen LogP contribution in [0.5, 0.6) is 0 Å². The van der Waals surface area contributed by atoms with E-state index in [1.807, 2.05) is 11.8 Å². The third kappa shape index (κ3) is 3.99. The van der Waals surface area contributed by atoms with Crippen molar-refractivity contribution in [3.8, 4) is 0 Å². The fraction of sp³-hybridized carbons (Fsp3) is 1.00. The summed E-state index contributed by atoms with van der Waals surface area (Å²) in [6.07, 6.45) is 11.9. The summed E-state index contributed by atoms with van der Waals surface area (Å²) in [5.41, 5.74) is 0. The van der Waals surface area contributed by atoms with Gasteiger partial charge in [0.1, 0.15) is 0 Å². The number of thioether (sulfide) groups is 1. The summed E-state index contributed by atoms with van der Waals surface area (Å²) in [5, 5.41) is 3.79. The molecule has 1 aliphatic carbocycles. The second kappa shape index (κ2) is 6.80. The Morgan fingerprint density at radius 2 is 1.73 bits per heavy atom. The molecule has 0 aromatic carbocycles. The zero-order chi connectivity index (χ0) is 11.1. The van der Waals surface area contributed by atoms with E-state index in [9.17, 15) is 0 Å². The van der Waals surface area contributed by atoms with Gasteiger partial charge in [0.25, 0.3) is 0 Å². The summed E-state index contributed by atoms with van der Waals surface area (Å²) in [6.45, 7) is 5.84. The van der Waals surface area contributed by atoms with E-state index >= 15 is 0 Å². The maximum Gasteiger partial charge on any atom is 0.0276 e. The standard InChI is InChI=1S/C13H27NS/c1-4-13(5-2,15-3)11-14-12-9-7-6-8-10-12/h12,14H,4-11H2,1-3H3. The third-order valence-corrected chi connectivity index (χ3v) is 5.63. The monoisotopic (exact) mass is 229 g/mol. The number of hydrogen-bond acceptors (Lipinski definition) is 2. The van der Waals surface area contributed by atoms with Crippen molar-refractivity contribution in [2.75, 3.05) is 12.8 Å². The van der Waals surface area contributed by atoms with E-state index < -0.39 is 0 Å². The van der Waals surface area contributed by atoms with Gasteiger partial charge in [-0.25, -0.2) is 0 Å². The summed E-state index contributed by atoms with van der Waals surface area (Å²) >= 11 is 2.04. The van der Waals surface area contributed by atoms with Crippen molar-refractivity contribution in [1.29, 1.82) is 0 Å².